The Kier molecular flexibility index (Phi) is 3.78. The molecule has 108 valence electrons. The van der Waals surface area contributed by atoms with Gasteiger partial charge in [-0.3, -0.25) is 10.1 Å². The van der Waals surface area contributed by atoms with Crippen LogP contribution >= 0.6 is 0 Å². The molecule has 2 unspecified atom stereocenters. The SMILES string of the molecule is COc1ccc(N2CCC(C)C2C(=O)O)c([N+](=O)[O-])c1. The van der Waals surface area contributed by atoms with Crippen molar-refractivity contribution in [1.82, 2.24) is 0 Å². The van der Waals surface area contributed by atoms with Gasteiger partial charge in [-0.1, -0.05) is 6.92 Å². The number of carboxylic acid groups (broad SMARTS) is 1. The van der Waals surface area contributed by atoms with Gasteiger partial charge in [-0.25, -0.2) is 4.79 Å². The molecule has 1 aromatic rings. The molecule has 7 heteroatoms. The maximum Gasteiger partial charge on any atom is 0.326 e. The number of methoxy groups -OCH3 is 1. The van der Waals surface area contributed by atoms with E-state index in [4.69, 9.17) is 4.74 Å². The van der Waals surface area contributed by atoms with Gasteiger partial charge in [-0.2, -0.15) is 0 Å². The number of nitrogens with zero attached hydrogens (tertiary/aromatic N) is 2. The minimum absolute atomic E-state index is 0.0470. The largest absolute Gasteiger partial charge is 0.496 e. The minimum atomic E-state index is -0.958. The summed E-state index contributed by atoms with van der Waals surface area (Å²) in [6, 6.07) is 3.73. The van der Waals surface area contributed by atoms with Crippen LogP contribution < -0.4 is 9.64 Å². The number of anilines is 1. The first kappa shape index (κ1) is 14.1. The molecule has 2 rings (SSSR count). The van der Waals surface area contributed by atoms with Crippen LogP contribution in [0.1, 0.15) is 13.3 Å². The fraction of sp³-hybridized carbons (Fsp3) is 0.462. The first-order chi connectivity index (χ1) is 9.45. The number of aliphatic carboxylic acids is 1. The maximum atomic E-state index is 11.4. The van der Waals surface area contributed by atoms with E-state index >= 15 is 0 Å². The molecule has 0 radical (unpaired) electrons. The number of nitro groups is 1. The molecule has 0 amide bonds. The smallest absolute Gasteiger partial charge is 0.326 e. The number of carbonyl (C=O) groups is 1. The molecule has 20 heavy (non-hydrogen) atoms. The van der Waals surface area contributed by atoms with Gasteiger partial charge in [-0.05, 0) is 24.5 Å². The minimum Gasteiger partial charge on any atom is -0.496 e. The summed E-state index contributed by atoms with van der Waals surface area (Å²) in [5.41, 5.74) is 0.192. The number of carboxylic acids is 1. The molecule has 2 atom stereocenters. The molecule has 1 aliphatic rings. The Morgan fingerprint density at radius 2 is 2.25 bits per heavy atom. The van der Waals surface area contributed by atoms with Gasteiger partial charge >= 0.3 is 5.97 Å². The van der Waals surface area contributed by atoms with Gasteiger partial charge in [0, 0.05) is 6.54 Å². The molecule has 1 N–H and O–H groups in total. The van der Waals surface area contributed by atoms with E-state index < -0.39 is 16.9 Å². The molecular formula is C13H16N2O5. The third-order valence-electron chi connectivity index (χ3n) is 3.64. The summed E-state index contributed by atoms with van der Waals surface area (Å²) in [5, 5.41) is 20.5. The molecular weight excluding hydrogens is 264 g/mol. The van der Waals surface area contributed by atoms with Gasteiger partial charge in [0.1, 0.15) is 17.5 Å². The Bertz CT molecular complexity index is 546. The van der Waals surface area contributed by atoms with Gasteiger partial charge in [0.05, 0.1) is 18.1 Å². The Hall–Kier alpha value is -2.31. The fourth-order valence-corrected chi connectivity index (χ4v) is 2.61. The normalized spacial score (nSPS) is 21.8. The topological polar surface area (TPSA) is 92.9 Å². The van der Waals surface area contributed by atoms with Crippen molar-refractivity contribution in [3.05, 3.63) is 28.3 Å². The van der Waals surface area contributed by atoms with Crippen molar-refractivity contribution in [1.29, 1.82) is 0 Å². The second-order valence-corrected chi connectivity index (χ2v) is 4.85. The monoisotopic (exact) mass is 280 g/mol. The number of nitro benzene ring substituents is 1. The molecule has 1 fully saturated rings. The van der Waals surface area contributed by atoms with Crippen LogP contribution in [-0.2, 0) is 4.79 Å². The lowest BCUT2D eigenvalue weighted by Gasteiger charge is -2.25. The number of hydrogen-bond acceptors (Lipinski definition) is 5. The predicted molar refractivity (Wildman–Crippen MR) is 72.2 cm³/mol. The van der Waals surface area contributed by atoms with Crippen LogP contribution in [0.15, 0.2) is 18.2 Å². The molecule has 0 aromatic heterocycles. The summed E-state index contributed by atoms with van der Waals surface area (Å²) >= 11 is 0. The lowest BCUT2D eigenvalue weighted by molar-refractivity contribution is -0.384. The van der Waals surface area contributed by atoms with Crippen molar-refractivity contribution < 1.29 is 19.6 Å². The molecule has 0 aliphatic carbocycles. The van der Waals surface area contributed by atoms with Crippen LogP contribution in [-0.4, -0.2) is 35.7 Å². The molecule has 7 nitrogen and oxygen atoms in total. The number of rotatable bonds is 4. The fourth-order valence-electron chi connectivity index (χ4n) is 2.61. The summed E-state index contributed by atoms with van der Waals surface area (Å²) in [7, 11) is 1.43. The highest BCUT2D eigenvalue weighted by atomic mass is 16.6. The van der Waals surface area contributed by atoms with Crippen molar-refractivity contribution in [3.8, 4) is 5.75 Å². The Labute approximate surface area is 115 Å². The molecule has 1 aliphatic heterocycles. The zero-order chi connectivity index (χ0) is 14.9. The number of benzene rings is 1. The molecule has 1 heterocycles. The third kappa shape index (κ3) is 2.38. The standard InChI is InChI=1S/C13H16N2O5/c1-8-5-6-14(12(8)13(16)17)10-4-3-9(20-2)7-11(10)15(18)19/h3-4,7-8,12H,5-6H2,1-2H3,(H,16,17). The van der Waals surface area contributed by atoms with E-state index in [0.717, 1.165) is 0 Å². The molecule has 1 aromatic carbocycles. The van der Waals surface area contributed by atoms with Gasteiger partial charge in [0.15, 0.2) is 0 Å². The van der Waals surface area contributed by atoms with Crippen molar-refractivity contribution in [2.24, 2.45) is 5.92 Å². The maximum absolute atomic E-state index is 11.4. The summed E-state index contributed by atoms with van der Waals surface area (Å²) < 4.78 is 4.98. The Balaban J connectivity index is 2.46. The quantitative estimate of drug-likeness (QED) is 0.669. The summed E-state index contributed by atoms with van der Waals surface area (Å²) in [5.74, 6) is -0.631. The van der Waals surface area contributed by atoms with Crippen LogP contribution in [0, 0.1) is 16.0 Å². The van der Waals surface area contributed by atoms with Crippen LogP contribution in [0.2, 0.25) is 0 Å². The van der Waals surface area contributed by atoms with Gasteiger partial charge in [-0.15, -0.1) is 0 Å². The van der Waals surface area contributed by atoms with Crippen molar-refractivity contribution in [2.45, 2.75) is 19.4 Å². The molecule has 0 spiro atoms. The van der Waals surface area contributed by atoms with E-state index in [2.05, 4.69) is 0 Å². The van der Waals surface area contributed by atoms with Gasteiger partial charge < -0.3 is 14.7 Å². The van der Waals surface area contributed by atoms with Crippen LogP contribution in [0.3, 0.4) is 0 Å². The molecule has 0 saturated carbocycles. The third-order valence-corrected chi connectivity index (χ3v) is 3.64. The number of ether oxygens (including phenoxy) is 1. The highest BCUT2D eigenvalue weighted by Gasteiger charge is 2.39. The van der Waals surface area contributed by atoms with Crippen LogP contribution in [0.5, 0.6) is 5.75 Å². The van der Waals surface area contributed by atoms with E-state index in [1.165, 1.54) is 13.2 Å². The Morgan fingerprint density at radius 1 is 1.55 bits per heavy atom. The van der Waals surface area contributed by atoms with E-state index in [-0.39, 0.29) is 11.6 Å². The van der Waals surface area contributed by atoms with Crippen molar-refractivity contribution in [3.63, 3.8) is 0 Å². The Morgan fingerprint density at radius 3 is 2.80 bits per heavy atom. The van der Waals surface area contributed by atoms with Crippen LogP contribution in [0.25, 0.3) is 0 Å². The van der Waals surface area contributed by atoms with E-state index in [1.54, 1.807) is 17.0 Å². The van der Waals surface area contributed by atoms with Crippen LogP contribution in [0.4, 0.5) is 11.4 Å². The second kappa shape index (κ2) is 5.36. The zero-order valence-corrected chi connectivity index (χ0v) is 11.3. The highest BCUT2D eigenvalue weighted by molar-refractivity contribution is 5.81. The lowest BCUT2D eigenvalue weighted by Crippen LogP contribution is -2.39. The average molecular weight is 280 g/mol. The first-order valence-electron chi connectivity index (χ1n) is 6.27. The summed E-state index contributed by atoms with van der Waals surface area (Å²) in [6.45, 7) is 2.33. The van der Waals surface area contributed by atoms with Crippen molar-refractivity contribution in [2.75, 3.05) is 18.6 Å². The number of hydrogen-bond donors (Lipinski definition) is 1. The summed E-state index contributed by atoms with van der Waals surface area (Å²) in [4.78, 5) is 23.6. The van der Waals surface area contributed by atoms with Gasteiger partial charge in [0.25, 0.3) is 5.69 Å². The molecule has 0 bridgehead atoms. The summed E-state index contributed by atoms with van der Waals surface area (Å²) in [6.07, 6.45) is 0.695. The highest BCUT2D eigenvalue weighted by Crippen LogP contribution is 2.37. The van der Waals surface area contributed by atoms with E-state index in [9.17, 15) is 20.0 Å². The second-order valence-electron chi connectivity index (χ2n) is 4.85. The predicted octanol–water partition coefficient (Wildman–Crippen LogP) is 1.90. The van der Waals surface area contributed by atoms with Crippen molar-refractivity contribution >= 4 is 17.3 Å². The van der Waals surface area contributed by atoms with Gasteiger partial charge in [0.2, 0.25) is 0 Å². The van der Waals surface area contributed by atoms with E-state index in [0.29, 0.717) is 24.4 Å². The first-order valence-corrected chi connectivity index (χ1v) is 6.27. The van der Waals surface area contributed by atoms with E-state index in [1.807, 2.05) is 6.92 Å². The molecule has 1 saturated heterocycles. The average Bonchev–Trinajstić information content (AvgIpc) is 2.79. The lowest BCUT2D eigenvalue weighted by atomic mass is 10.0. The zero-order valence-electron chi connectivity index (χ0n) is 11.3.